The van der Waals surface area contributed by atoms with Crippen LogP contribution in [-0.2, 0) is 19.9 Å². The number of anilines is 2. The predicted octanol–water partition coefficient (Wildman–Crippen LogP) is 2.61. The lowest BCUT2D eigenvalue weighted by molar-refractivity contribution is -0.136. The molecule has 45 heavy (non-hydrogen) atoms. The molecule has 1 saturated heterocycles. The molecule has 7 rings (SSSR count). The highest BCUT2D eigenvalue weighted by molar-refractivity contribution is 7.03. The van der Waals surface area contributed by atoms with Crippen LogP contribution < -0.4 is 25.5 Å². The lowest BCUT2D eigenvalue weighted by atomic mass is 9.78. The van der Waals surface area contributed by atoms with Crippen molar-refractivity contribution in [2.24, 2.45) is 0 Å². The van der Waals surface area contributed by atoms with Crippen LogP contribution in [0, 0.1) is 0 Å². The van der Waals surface area contributed by atoms with E-state index in [9.17, 15) is 19.2 Å². The van der Waals surface area contributed by atoms with E-state index in [-0.39, 0.29) is 19.0 Å². The first-order valence-corrected chi connectivity index (χ1v) is 17.8. The van der Waals surface area contributed by atoms with E-state index in [0.29, 0.717) is 16.7 Å². The maximum absolute atomic E-state index is 13.7. The van der Waals surface area contributed by atoms with Gasteiger partial charge in [0.2, 0.25) is 0 Å². The predicted molar refractivity (Wildman–Crippen MR) is 175 cm³/mol. The smallest absolute Gasteiger partial charge is 0.340 e. The average Bonchev–Trinajstić information content (AvgIpc) is 3.73. The van der Waals surface area contributed by atoms with Gasteiger partial charge in [-0.05, 0) is 64.9 Å². The van der Waals surface area contributed by atoms with Gasteiger partial charge >= 0.3 is 5.97 Å². The Morgan fingerprint density at radius 2 is 1.40 bits per heavy atom. The number of carbonyl (C=O) groups is 4. The molecule has 2 spiro atoms. The van der Waals surface area contributed by atoms with Crippen LogP contribution in [0.1, 0.15) is 50.2 Å². The summed E-state index contributed by atoms with van der Waals surface area (Å²) in [4.78, 5) is 56.3. The van der Waals surface area contributed by atoms with Crippen molar-refractivity contribution in [2.45, 2.75) is 30.5 Å². The molecule has 0 radical (unpaired) electrons. The van der Waals surface area contributed by atoms with Gasteiger partial charge in [0, 0.05) is 87.1 Å². The number of imide groups is 1. The molecule has 1 N–H and O–H groups in total. The molecule has 3 aromatic rings. The van der Waals surface area contributed by atoms with Crippen LogP contribution >= 0.6 is 0 Å². The molecule has 0 aliphatic carbocycles. The third-order valence-corrected chi connectivity index (χ3v) is 15.2. The van der Waals surface area contributed by atoms with E-state index < -0.39 is 31.5 Å². The second-order valence-electron chi connectivity index (χ2n) is 12.8. The molecular formula is C35H36N4O5Si. The average molecular weight is 621 g/mol. The molecule has 230 valence electrons. The quantitative estimate of drug-likeness (QED) is 0.257. The molecule has 3 amide bonds. The Balaban J connectivity index is 1.37. The van der Waals surface area contributed by atoms with Crippen molar-refractivity contribution < 1.29 is 23.9 Å². The first-order valence-electron chi connectivity index (χ1n) is 15.4. The van der Waals surface area contributed by atoms with E-state index in [1.165, 1.54) is 35.4 Å². The van der Waals surface area contributed by atoms with Crippen LogP contribution in [-0.4, -0.2) is 77.9 Å². The van der Waals surface area contributed by atoms with Crippen LogP contribution in [0.15, 0.2) is 66.7 Å². The van der Waals surface area contributed by atoms with E-state index in [0.717, 1.165) is 39.5 Å². The zero-order valence-corrected chi connectivity index (χ0v) is 27.0. The van der Waals surface area contributed by atoms with Crippen molar-refractivity contribution in [3.05, 3.63) is 94.6 Å². The second kappa shape index (κ2) is 10.4. The standard InChI is InChI=1S/C35H36N4O5Si/c1-37(2)23-8-11-26-29(20-23)45(17-5-6-18-45)30-21-24(38(3)4)9-12-27(30)35(26)28-19-22(7-10-25(28)34(43)44-35)33(42)36-15-16-39-31(40)13-14-32(39)41/h7-14,19-21H,5-6,15-18H2,1-4H3,(H,36,42). The van der Waals surface area contributed by atoms with Crippen LogP contribution in [0.3, 0.4) is 0 Å². The Bertz CT molecular complexity index is 1740. The molecule has 0 bridgehead atoms. The van der Waals surface area contributed by atoms with Gasteiger partial charge in [-0.15, -0.1) is 0 Å². The zero-order chi connectivity index (χ0) is 31.7. The lowest BCUT2D eigenvalue weighted by Crippen LogP contribution is -2.65. The fourth-order valence-corrected chi connectivity index (χ4v) is 13.4. The third kappa shape index (κ3) is 4.26. The number of rotatable bonds is 6. The van der Waals surface area contributed by atoms with Gasteiger partial charge in [-0.25, -0.2) is 4.79 Å². The minimum atomic E-state index is -2.22. The summed E-state index contributed by atoms with van der Waals surface area (Å²) in [5.41, 5.74) is 4.50. The molecule has 4 heterocycles. The molecule has 9 nitrogen and oxygen atoms in total. The molecule has 0 atom stereocenters. The Kier molecular flexibility index (Phi) is 6.74. The van der Waals surface area contributed by atoms with Gasteiger partial charge in [0.05, 0.1) is 5.56 Å². The summed E-state index contributed by atoms with van der Waals surface area (Å²) in [6.45, 7) is 0.179. The number of hydrogen-bond donors (Lipinski definition) is 1. The highest BCUT2D eigenvalue weighted by Crippen LogP contribution is 2.51. The Morgan fingerprint density at radius 1 is 0.822 bits per heavy atom. The van der Waals surface area contributed by atoms with Gasteiger partial charge < -0.3 is 19.9 Å². The second-order valence-corrected chi connectivity index (χ2v) is 17.0. The SMILES string of the molecule is CN(C)c1ccc2c(c1)[Si]1(CCCC1)c1cc(N(C)C)ccc1C21OC(=O)c2ccc(C(=O)NCCN3C(=O)C=CC3=O)cc21. The van der Waals surface area contributed by atoms with Crippen LogP contribution in [0.2, 0.25) is 12.1 Å². The molecular weight excluding hydrogens is 584 g/mol. The summed E-state index contributed by atoms with van der Waals surface area (Å²) in [5, 5.41) is 5.44. The maximum atomic E-state index is 13.7. The zero-order valence-electron chi connectivity index (χ0n) is 26.0. The number of ether oxygens (including phenoxy) is 1. The molecule has 3 aromatic carbocycles. The molecule has 0 unspecified atom stereocenters. The summed E-state index contributed by atoms with van der Waals surface area (Å²) in [5.74, 6) is -1.55. The number of nitrogens with zero attached hydrogens (tertiary/aromatic N) is 3. The Hall–Kier alpha value is -4.70. The number of esters is 1. The van der Waals surface area contributed by atoms with E-state index in [1.807, 2.05) is 28.2 Å². The summed E-state index contributed by atoms with van der Waals surface area (Å²) < 4.78 is 6.56. The monoisotopic (exact) mass is 620 g/mol. The number of fused-ring (bicyclic) bond motifs is 8. The van der Waals surface area contributed by atoms with Crippen LogP contribution in [0.25, 0.3) is 0 Å². The van der Waals surface area contributed by atoms with Crippen LogP contribution in [0.5, 0.6) is 0 Å². The highest BCUT2D eigenvalue weighted by atomic mass is 28.3. The first-order chi connectivity index (χ1) is 21.6. The molecule has 1 fully saturated rings. The van der Waals surface area contributed by atoms with Gasteiger partial charge in [-0.2, -0.15) is 0 Å². The summed E-state index contributed by atoms with van der Waals surface area (Å²) in [6.07, 6.45) is 4.79. The number of hydrogen-bond acceptors (Lipinski definition) is 7. The fourth-order valence-electron chi connectivity index (χ4n) is 7.67. The molecule has 4 aliphatic rings. The number of amides is 3. The van der Waals surface area contributed by atoms with Gasteiger partial charge in [-0.3, -0.25) is 19.3 Å². The molecule has 0 aromatic heterocycles. The first kappa shape index (κ1) is 29.0. The molecule has 10 heteroatoms. The number of nitrogens with one attached hydrogen (secondary N) is 1. The molecule has 0 saturated carbocycles. The van der Waals surface area contributed by atoms with E-state index in [2.05, 4.69) is 51.5 Å². The molecule has 4 aliphatic heterocycles. The summed E-state index contributed by atoms with van der Waals surface area (Å²) in [6, 6.07) is 20.4. The van der Waals surface area contributed by atoms with E-state index in [1.54, 1.807) is 18.2 Å². The van der Waals surface area contributed by atoms with Gasteiger partial charge in [0.15, 0.2) is 5.60 Å². The van der Waals surface area contributed by atoms with Crippen LogP contribution in [0.4, 0.5) is 11.4 Å². The van der Waals surface area contributed by atoms with Crippen molar-refractivity contribution in [3.63, 3.8) is 0 Å². The van der Waals surface area contributed by atoms with Crippen molar-refractivity contribution in [1.82, 2.24) is 10.2 Å². The summed E-state index contributed by atoms with van der Waals surface area (Å²) >= 11 is 0. The van der Waals surface area contributed by atoms with Crippen molar-refractivity contribution in [2.75, 3.05) is 51.1 Å². The number of carbonyl (C=O) groups excluding carboxylic acids is 4. The minimum absolute atomic E-state index is 0.0722. The van der Waals surface area contributed by atoms with Gasteiger partial charge in [0.1, 0.15) is 8.07 Å². The van der Waals surface area contributed by atoms with Crippen molar-refractivity contribution in [1.29, 1.82) is 0 Å². The topological polar surface area (TPSA) is 99.3 Å². The van der Waals surface area contributed by atoms with Crippen molar-refractivity contribution in [3.8, 4) is 0 Å². The fraction of sp³-hybridized carbons (Fsp3) is 0.314. The normalized spacial score (nSPS) is 18.2. The number of benzene rings is 3. The van der Waals surface area contributed by atoms with Gasteiger partial charge in [0.25, 0.3) is 17.7 Å². The van der Waals surface area contributed by atoms with Crippen molar-refractivity contribution >= 4 is 53.5 Å². The highest BCUT2D eigenvalue weighted by Gasteiger charge is 2.59. The summed E-state index contributed by atoms with van der Waals surface area (Å²) in [7, 11) is 5.96. The largest absolute Gasteiger partial charge is 0.441 e. The van der Waals surface area contributed by atoms with Gasteiger partial charge in [-0.1, -0.05) is 25.0 Å². The Labute approximate surface area is 263 Å². The minimum Gasteiger partial charge on any atom is -0.441 e. The third-order valence-electron chi connectivity index (χ3n) is 9.93. The van der Waals surface area contributed by atoms with E-state index in [4.69, 9.17) is 4.74 Å². The lowest BCUT2D eigenvalue weighted by Gasteiger charge is -2.45. The maximum Gasteiger partial charge on any atom is 0.340 e. The van der Waals surface area contributed by atoms with E-state index >= 15 is 0 Å². The Morgan fingerprint density at radius 3 is 1.96 bits per heavy atom.